The fourth-order valence-electron chi connectivity index (χ4n) is 3.44. The van der Waals surface area contributed by atoms with Gasteiger partial charge in [0.25, 0.3) is 0 Å². The molecule has 1 fully saturated rings. The van der Waals surface area contributed by atoms with Gasteiger partial charge in [-0.05, 0) is 64.7 Å². The summed E-state index contributed by atoms with van der Waals surface area (Å²) in [4.78, 5) is 13.6. The average Bonchev–Trinajstić information content (AvgIpc) is 3.10. The van der Waals surface area contributed by atoms with E-state index >= 15 is 0 Å². The van der Waals surface area contributed by atoms with Gasteiger partial charge in [-0.1, -0.05) is 6.07 Å². The van der Waals surface area contributed by atoms with Crippen LogP contribution in [0.1, 0.15) is 18.9 Å². The third kappa shape index (κ3) is 2.84. The van der Waals surface area contributed by atoms with E-state index < -0.39 is 11.4 Å². The molecule has 5 nitrogen and oxygen atoms in total. The minimum absolute atomic E-state index is 0.0757. The van der Waals surface area contributed by atoms with Gasteiger partial charge in [-0.2, -0.15) is 0 Å². The Morgan fingerprint density at radius 3 is 2.78 bits per heavy atom. The van der Waals surface area contributed by atoms with Crippen LogP contribution < -0.4 is 11.1 Å². The van der Waals surface area contributed by atoms with Gasteiger partial charge in [0, 0.05) is 11.7 Å². The summed E-state index contributed by atoms with van der Waals surface area (Å²) in [6, 6.07) is 10.8. The SMILES string of the molecule is CN1C(=N)N[C@](C)(c2cc(-c3ccc(F)c(N)c3)c3sccc3c2)CC1=O. The second kappa shape index (κ2) is 6.06. The molecule has 3 aromatic rings. The van der Waals surface area contributed by atoms with Crippen molar-refractivity contribution in [2.75, 3.05) is 12.8 Å². The number of hydrogen-bond donors (Lipinski definition) is 3. The highest BCUT2D eigenvalue weighted by Crippen LogP contribution is 2.39. The Kier molecular flexibility index (Phi) is 3.92. The highest BCUT2D eigenvalue weighted by Gasteiger charge is 2.38. The number of thiophene rings is 1. The predicted octanol–water partition coefficient (Wildman–Crippen LogP) is 3.89. The van der Waals surface area contributed by atoms with Gasteiger partial charge < -0.3 is 11.1 Å². The van der Waals surface area contributed by atoms with Crippen molar-refractivity contribution in [2.24, 2.45) is 0 Å². The van der Waals surface area contributed by atoms with E-state index in [9.17, 15) is 9.18 Å². The summed E-state index contributed by atoms with van der Waals surface area (Å²) in [5.41, 5.74) is 7.83. The zero-order valence-electron chi connectivity index (χ0n) is 15.0. The molecule has 0 unspecified atom stereocenters. The van der Waals surface area contributed by atoms with Crippen LogP contribution in [0, 0.1) is 11.2 Å². The number of nitrogens with two attached hydrogens (primary N) is 1. The zero-order valence-corrected chi connectivity index (χ0v) is 15.8. The summed E-state index contributed by atoms with van der Waals surface area (Å²) in [5, 5.41) is 14.3. The molecule has 1 atom stereocenters. The van der Waals surface area contributed by atoms with Crippen LogP contribution in [-0.4, -0.2) is 23.8 Å². The van der Waals surface area contributed by atoms with E-state index in [1.807, 2.05) is 30.5 Å². The number of nitrogens with one attached hydrogen (secondary N) is 2. The van der Waals surface area contributed by atoms with Crippen LogP contribution in [0.15, 0.2) is 41.8 Å². The van der Waals surface area contributed by atoms with Gasteiger partial charge in [0.15, 0.2) is 5.96 Å². The molecule has 7 heteroatoms. The summed E-state index contributed by atoms with van der Waals surface area (Å²) >= 11 is 1.60. The number of amides is 1. The Labute approximate surface area is 160 Å². The van der Waals surface area contributed by atoms with Crippen molar-refractivity contribution in [2.45, 2.75) is 18.9 Å². The van der Waals surface area contributed by atoms with Gasteiger partial charge in [0.1, 0.15) is 5.82 Å². The normalized spacial score (nSPS) is 20.2. The van der Waals surface area contributed by atoms with Crippen LogP contribution in [-0.2, 0) is 10.3 Å². The van der Waals surface area contributed by atoms with E-state index in [-0.39, 0.29) is 24.0 Å². The Bertz CT molecular complexity index is 1070. The van der Waals surface area contributed by atoms with Crippen molar-refractivity contribution in [1.82, 2.24) is 10.2 Å². The lowest BCUT2D eigenvalue weighted by Crippen LogP contribution is -2.58. The Hall–Kier alpha value is -2.93. The quantitative estimate of drug-likeness (QED) is 0.588. The van der Waals surface area contributed by atoms with Crippen LogP contribution in [0.4, 0.5) is 10.1 Å². The number of fused-ring (bicyclic) bond motifs is 1. The average molecular weight is 382 g/mol. The van der Waals surface area contributed by atoms with Crippen LogP contribution >= 0.6 is 11.3 Å². The first-order valence-corrected chi connectivity index (χ1v) is 9.37. The fourth-order valence-corrected chi connectivity index (χ4v) is 4.35. The third-order valence-corrected chi connectivity index (χ3v) is 6.07. The molecule has 1 amide bonds. The molecule has 0 radical (unpaired) electrons. The number of benzene rings is 2. The van der Waals surface area contributed by atoms with E-state index in [0.29, 0.717) is 0 Å². The van der Waals surface area contributed by atoms with Crippen molar-refractivity contribution >= 4 is 39.0 Å². The summed E-state index contributed by atoms with van der Waals surface area (Å²) in [7, 11) is 1.59. The Balaban J connectivity index is 1.89. The van der Waals surface area contributed by atoms with E-state index in [4.69, 9.17) is 11.1 Å². The number of nitrogens with zero attached hydrogens (tertiary/aromatic N) is 1. The number of carbonyl (C=O) groups excluding carboxylic acids is 1. The van der Waals surface area contributed by atoms with Crippen molar-refractivity contribution in [3.8, 4) is 11.1 Å². The van der Waals surface area contributed by atoms with Gasteiger partial charge in [-0.3, -0.25) is 15.1 Å². The van der Waals surface area contributed by atoms with Crippen LogP contribution in [0.3, 0.4) is 0 Å². The monoisotopic (exact) mass is 382 g/mol. The molecule has 4 rings (SSSR count). The number of nitrogen functional groups attached to an aromatic ring is 1. The van der Waals surface area contributed by atoms with Crippen molar-refractivity contribution in [3.63, 3.8) is 0 Å². The highest BCUT2D eigenvalue weighted by atomic mass is 32.1. The number of rotatable bonds is 2. The van der Waals surface area contributed by atoms with E-state index in [2.05, 4.69) is 5.32 Å². The maximum atomic E-state index is 13.6. The van der Waals surface area contributed by atoms with E-state index in [1.54, 1.807) is 30.5 Å². The lowest BCUT2D eigenvalue weighted by Gasteiger charge is -2.39. The standard InChI is InChI=1S/C20H19FN4OS/c1-20(10-17(26)25(2)19(23)24-20)13-7-12-5-6-27-18(12)14(9-13)11-3-4-15(21)16(22)8-11/h3-9H,10,22H2,1-2H3,(H2,23,24)/t20-/m0/s1. The summed E-state index contributed by atoms with van der Waals surface area (Å²) < 4.78 is 14.7. The van der Waals surface area contributed by atoms with Gasteiger partial charge >= 0.3 is 0 Å². The van der Waals surface area contributed by atoms with Crippen LogP contribution in [0.2, 0.25) is 0 Å². The molecule has 0 saturated carbocycles. The molecule has 2 heterocycles. The Morgan fingerprint density at radius 1 is 1.30 bits per heavy atom. The van der Waals surface area contributed by atoms with Gasteiger partial charge in [-0.15, -0.1) is 11.3 Å². The first kappa shape index (κ1) is 17.5. The van der Waals surface area contributed by atoms with Crippen molar-refractivity contribution in [3.05, 3.63) is 53.2 Å². The molecule has 1 aromatic heterocycles. The molecule has 0 aliphatic carbocycles. The van der Waals surface area contributed by atoms with E-state index in [1.165, 1.54) is 11.0 Å². The number of guanidine groups is 1. The fraction of sp³-hybridized carbons (Fsp3) is 0.200. The molecule has 4 N–H and O–H groups in total. The molecule has 2 aromatic carbocycles. The summed E-state index contributed by atoms with van der Waals surface area (Å²) in [6.45, 7) is 1.92. The number of hydrogen-bond acceptors (Lipinski definition) is 4. The summed E-state index contributed by atoms with van der Waals surface area (Å²) in [5.74, 6) is -0.480. The number of carbonyl (C=O) groups is 1. The highest BCUT2D eigenvalue weighted by molar-refractivity contribution is 7.17. The van der Waals surface area contributed by atoms with Crippen LogP contribution in [0.25, 0.3) is 21.2 Å². The molecule has 138 valence electrons. The topological polar surface area (TPSA) is 82.2 Å². The van der Waals surface area contributed by atoms with Gasteiger partial charge in [-0.25, -0.2) is 4.39 Å². The first-order chi connectivity index (χ1) is 12.8. The maximum Gasteiger partial charge on any atom is 0.231 e. The smallest absolute Gasteiger partial charge is 0.231 e. The van der Waals surface area contributed by atoms with Crippen LogP contribution in [0.5, 0.6) is 0 Å². The minimum Gasteiger partial charge on any atom is -0.396 e. The second-order valence-corrected chi connectivity index (χ2v) is 7.95. The number of anilines is 1. The molecular weight excluding hydrogens is 363 g/mol. The summed E-state index contributed by atoms with van der Waals surface area (Å²) in [6.07, 6.45) is 0.243. The van der Waals surface area contributed by atoms with E-state index in [0.717, 1.165) is 26.8 Å². The zero-order chi connectivity index (χ0) is 19.3. The largest absolute Gasteiger partial charge is 0.396 e. The molecule has 27 heavy (non-hydrogen) atoms. The molecular formula is C20H19FN4OS. The lowest BCUT2D eigenvalue weighted by atomic mass is 9.84. The lowest BCUT2D eigenvalue weighted by molar-refractivity contribution is -0.129. The number of halogens is 1. The molecule has 1 saturated heterocycles. The Morgan fingerprint density at radius 2 is 2.07 bits per heavy atom. The molecule has 0 bridgehead atoms. The van der Waals surface area contributed by atoms with Crippen molar-refractivity contribution < 1.29 is 9.18 Å². The second-order valence-electron chi connectivity index (χ2n) is 7.03. The minimum atomic E-state index is -0.697. The van der Waals surface area contributed by atoms with Crippen molar-refractivity contribution in [1.29, 1.82) is 5.41 Å². The molecule has 1 aliphatic heterocycles. The van der Waals surface area contributed by atoms with Gasteiger partial charge in [0.2, 0.25) is 5.91 Å². The molecule has 0 spiro atoms. The third-order valence-electron chi connectivity index (χ3n) is 5.10. The maximum absolute atomic E-state index is 13.6. The van der Waals surface area contributed by atoms with Gasteiger partial charge in [0.05, 0.1) is 17.6 Å². The first-order valence-electron chi connectivity index (χ1n) is 8.49. The predicted molar refractivity (Wildman–Crippen MR) is 107 cm³/mol. The molecule has 1 aliphatic rings.